The molecule has 0 saturated carbocycles. The summed E-state index contributed by atoms with van der Waals surface area (Å²) in [5, 5.41) is 0. The molecule has 5 heteroatoms. The number of hydrogen-bond acceptors (Lipinski definition) is 3. The lowest BCUT2D eigenvalue weighted by Gasteiger charge is -2.36. The first-order valence-electron chi connectivity index (χ1n) is 6.88. The summed E-state index contributed by atoms with van der Waals surface area (Å²) in [5.74, 6) is 0.0167. The molecule has 1 aromatic rings. The summed E-state index contributed by atoms with van der Waals surface area (Å²) in [4.78, 5) is 13.6. The van der Waals surface area contributed by atoms with Gasteiger partial charge in [-0.05, 0) is 30.5 Å². The topological polar surface area (TPSA) is 55.6 Å². The molecule has 1 aromatic carbocycles. The molecule has 0 unspecified atom stereocenters. The minimum atomic E-state index is -0.492. The number of benzene rings is 1. The Morgan fingerprint density at radius 1 is 1.55 bits per heavy atom. The van der Waals surface area contributed by atoms with E-state index in [-0.39, 0.29) is 12.0 Å². The molecule has 0 radical (unpaired) electrons. The molecule has 1 aliphatic heterocycles. The highest BCUT2D eigenvalue weighted by atomic mass is 79.9. The molecule has 110 valence electrons. The average Bonchev–Trinajstić information content (AvgIpc) is 2.37. The van der Waals surface area contributed by atoms with Gasteiger partial charge in [0.15, 0.2) is 0 Å². The van der Waals surface area contributed by atoms with Gasteiger partial charge in [-0.25, -0.2) is 0 Å². The molecule has 1 aliphatic rings. The Balaban J connectivity index is 1.99. The third kappa shape index (κ3) is 4.04. The van der Waals surface area contributed by atoms with Crippen LogP contribution in [0.15, 0.2) is 28.7 Å². The van der Waals surface area contributed by atoms with Gasteiger partial charge in [0.05, 0.1) is 6.10 Å². The number of hydrogen-bond donors (Lipinski definition) is 1. The number of halogens is 1. The van der Waals surface area contributed by atoms with Crippen molar-refractivity contribution in [2.24, 2.45) is 5.73 Å². The summed E-state index contributed by atoms with van der Waals surface area (Å²) < 4.78 is 6.65. The van der Waals surface area contributed by atoms with E-state index < -0.39 is 6.10 Å². The van der Waals surface area contributed by atoms with Crippen molar-refractivity contribution in [3.63, 3.8) is 0 Å². The van der Waals surface area contributed by atoms with E-state index in [9.17, 15) is 4.79 Å². The summed E-state index contributed by atoms with van der Waals surface area (Å²) in [5.41, 5.74) is 6.64. The highest BCUT2D eigenvalue weighted by molar-refractivity contribution is 9.10. The molecule has 1 heterocycles. The number of amides is 1. The molecular formula is C15H21BrN2O2. The van der Waals surface area contributed by atoms with Gasteiger partial charge in [-0.1, -0.05) is 35.0 Å². The summed E-state index contributed by atoms with van der Waals surface area (Å²) in [7, 11) is 0. The largest absolute Gasteiger partial charge is 0.367 e. The third-order valence-corrected chi connectivity index (χ3v) is 4.10. The number of rotatable bonds is 4. The van der Waals surface area contributed by atoms with Crippen molar-refractivity contribution in [3.8, 4) is 0 Å². The number of primary amides is 1. The van der Waals surface area contributed by atoms with Crippen LogP contribution in [0, 0.1) is 0 Å². The molecule has 1 amide bonds. The van der Waals surface area contributed by atoms with Crippen molar-refractivity contribution >= 4 is 21.8 Å². The molecule has 2 rings (SSSR count). The minimum Gasteiger partial charge on any atom is -0.367 e. The van der Waals surface area contributed by atoms with Crippen LogP contribution in [0.3, 0.4) is 0 Å². The zero-order chi connectivity index (χ0) is 14.7. The zero-order valence-electron chi connectivity index (χ0n) is 11.9. The maximum Gasteiger partial charge on any atom is 0.247 e. The quantitative estimate of drug-likeness (QED) is 0.913. The minimum absolute atomic E-state index is 0.0379. The highest BCUT2D eigenvalue weighted by Gasteiger charge is 2.29. The van der Waals surface area contributed by atoms with Gasteiger partial charge in [0, 0.05) is 24.1 Å². The maximum absolute atomic E-state index is 11.3. The second kappa shape index (κ2) is 6.70. The molecule has 1 fully saturated rings. The fourth-order valence-electron chi connectivity index (χ4n) is 2.65. The predicted octanol–water partition coefficient (Wildman–Crippen LogP) is 2.13. The number of ether oxygens (including phenoxy) is 1. The van der Waals surface area contributed by atoms with E-state index in [0.29, 0.717) is 12.5 Å². The van der Waals surface area contributed by atoms with Crippen LogP contribution in [0.1, 0.15) is 25.3 Å². The second-order valence-corrected chi connectivity index (χ2v) is 6.43. The Labute approximate surface area is 128 Å². The first kappa shape index (κ1) is 15.5. The van der Waals surface area contributed by atoms with Gasteiger partial charge >= 0.3 is 0 Å². The normalized spacial score (nSPS) is 25.4. The molecule has 2 N–H and O–H groups in total. The zero-order valence-corrected chi connectivity index (χ0v) is 13.5. The summed E-state index contributed by atoms with van der Waals surface area (Å²) >= 11 is 3.50. The molecule has 3 atom stereocenters. The van der Waals surface area contributed by atoms with Crippen molar-refractivity contribution in [1.29, 1.82) is 0 Å². The molecule has 0 aromatic heterocycles. The van der Waals surface area contributed by atoms with Crippen LogP contribution >= 0.6 is 15.9 Å². The molecule has 0 spiro atoms. The van der Waals surface area contributed by atoms with Crippen LogP contribution in [-0.2, 0) is 9.53 Å². The van der Waals surface area contributed by atoms with Crippen molar-refractivity contribution in [1.82, 2.24) is 4.90 Å². The summed E-state index contributed by atoms with van der Waals surface area (Å²) in [6.07, 6.45) is -0.454. The first-order valence-corrected chi connectivity index (χ1v) is 7.67. The molecule has 0 bridgehead atoms. The van der Waals surface area contributed by atoms with Crippen molar-refractivity contribution in [3.05, 3.63) is 34.3 Å². The van der Waals surface area contributed by atoms with Crippen molar-refractivity contribution in [2.45, 2.75) is 32.0 Å². The first-order chi connectivity index (χ1) is 9.45. The van der Waals surface area contributed by atoms with Gasteiger partial charge in [-0.3, -0.25) is 9.69 Å². The summed E-state index contributed by atoms with van der Waals surface area (Å²) in [6, 6.07) is 8.34. The number of nitrogens with two attached hydrogens (primary N) is 1. The molecule has 0 aliphatic carbocycles. The lowest BCUT2D eigenvalue weighted by molar-refractivity contribution is -0.142. The van der Waals surface area contributed by atoms with Gasteiger partial charge in [0.1, 0.15) is 6.10 Å². The number of carbonyl (C=O) groups excluding carboxylic acids is 1. The van der Waals surface area contributed by atoms with Crippen LogP contribution in [0.2, 0.25) is 0 Å². The maximum atomic E-state index is 11.3. The van der Waals surface area contributed by atoms with Gasteiger partial charge in [-0.15, -0.1) is 0 Å². The van der Waals surface area contributed by atoms with Gasteiger partial charge < -0.3 is 10.5 Å². The van der Waals surface area contributed by atoms with Crippen LogP contribution in [0.25, 0.3) is 0 Å². The molecule has 1 saturated heterocycles. The standard InChI is InChI=1S/C15H21BrN2O2/c1-10(12-4-3-5-13(16)6-12)7-18-8-11(2)20-14(9-18)15(17)19/h3-6,10-11,14H,7-9H2,1-2H3,(H2,17,19)/t10-,11-,14-/m1/s1. The lowest BCUT2D eigenvalue weighted by atomic mass is 10.00. The van der Waals surface area contributed by atoms with Crippen molar-refractivity contribution in [2.75, 3.05) is 19.6 Å². The third-order valence-electron chi connectivity index (χ3n) is 3.60. The highest BCUT2D eigenvalue weighted by Crippen LogP contribution is 2.22. The number of nitrogens with zero attached hydrogens (tertiary/aromatic N) is 1. The van der Waals surface area contributed by atoms with E-state index in [1.165, 1.54) is 5.56 Å². The Kier molecular flexibility index (Phi) is 5.18. The van der Waals surface area contributed by atoms with Crippen LogP contribution in [-0.4, -0.2) is 42.6 Å². The Morgan fingerprint density at radius 3 is 2.95 bits per heavy atom. The molecule has 4 nitrogen and oxygen atoms in total. The van der Waals surface area contributed by atoms with Crippen LogP contribution in [0.4, 0.5) is 0 Å². The fraction of sp³-hybridized carbons (Fsp3) is 0.533. The smallest absolute Gasteiger partial charge is 0.247 e. The average molecular weight is 341 g/mol. The summed E-state index contributed by atoms with van der Waals surface area (Å²) in [6.45, 7) is 6.49. The predicted molar refractivity (Wildman–Crippen MR) is 82.5 cm³/mol. The number of carbonyl (C=O) groups is 1. The Hall–Kier alpha value is -0.910. The van der Waals surface area contributed by atoms with Gasteiger partial charge in [0.25, 0.3) is 0 Å². The van der Waals surface area contributed by atoms with E-state index in [0.717, 1.165) is 17.6 Å². The van der Waals surface area contributed by atoms with E-state index >= 15 is 0 Å². The van der Waals surface area contributed by atoms with Crippen molar-refractivity contribution < 1.29 is 9.53 Å². The molecule has 20 heavy (non-hydrogen) atoms. The van der Waals surface area contributed by atoms with E-state index in [1.54, 1.807) is 0 Å². The van der Waals surface area contributed by atoms with E-state index in [2.05, 4.69) is 39.9 Å². The van der Waals surface area contributed by atoms with E-state index in [4.69, 9.17) is 10.5 Å². The van der Waals surface area contributed by atoms with Gasteiger partial charge in [0.2, 0.25) is 5.91 Å². The van der Waals surface area contributed by atoms with Gasteiger partial charge in [-0.2, -0.15) is 0 Å². The van der Waals surface area contributed by atoms with Crippen LogP contribution in [0.5, 0.6) is 0 Å². The Morgan fingerprint density at radius 2 is 2.30 bits per heavy atom. The number of morpholine rings is 1. The molecular weight excluding hydrogens is 320 g/mol. The lowest BCUT2D eigenvalue weighted by Crippen LogP contribution is -2.52. The van der Waals surface area contributed by atoms with E-state index in [1.807, 2.05) is 19.1 Å². The second-order valence-electron chi connectivity index (χ2n) is 5.51. The SMILES string of the molecule is C[C@@H]1CN(C[C@@H](C)c2cccc(Br)c2)C[C@H](C(N)=O)O1. The fourth-order valence-corrected chi connectivity index (χ4v) is 3.07. The van der Waals surface area contributed by atoms with Crippen LogP contribution < -0.4 is 5.73 Å². The Bertz CT molecular complexity index is 481. The monoisotopic (exact) mass is 340 g/mol.